The molecule has 2 rings (SSSR count). The lowest BCUT2D eigenvalue weighted by Crippen LogP contribution is -2.04. The summed E-state index contributed by atoms with van der Waals surface area (Å²) in [6.07, 6.45) is 1.04. The SMILES string of the molecule is Cc1ccc(C(O)Cc2ccc(Cl)cc2F)cn1. The molecule has 2 nitrogen and oxygen atoms in total. The second-order valence-electron chi connectivity index (χ2n) is 4.19. The van der Waals surface area contributed by atoms with Crippen molar-refractivity contribution >= 4 is 11.6 Å². The molecule has 1 heterocycles. The Bertz CT molecular complexity index is 542. The van der Waals surface area contributed by atoms with Crippen LogP contribution in [0.5, 0.6) is 0 Å². The van der Waals surface area contributed by atoms with Crippen molar-refractivity contribution in [3.63, 3.8) is 0 Å². The first kappa shape index (κ1) is 13.0. The molecule has 0 spiro atoms. The van der Waals surface area contributed by atoms with Gasteiger partial charge in [0.25, 0.3) is 0 Å². The first-order valence-corrected chi connectivity index (χ1v) is 5.98. The third kappa shape index (κ3) is 3.06. The molecule has 2 aromatic rings. The third-order valence-corrected chi connectivity index (χ3v) is 2.98. The van der Waals surface area contributed by atoms with Crippen LogP contribution >= 0.6 is 11.6 Å². The van der Waals surface area contributed by atoms with Gasteiger partial charge in [-0.25, -0.2) is 4.39 Å². The quantitative estimate of drug-likeness (QED) is 0.922. The maximum absolute atomic E-state index is 13.6. The molecule has 18 heavy (non-hydrogen) atoms. The topological polar surface area (TPSA) is 33.1 Å². The van der Waals surface area contributed by atoms with E-state index in [1.807, 2.05) is 13.0 Å². The average Bonchev–Trinajstić information content (AvgIpc) is 2.33. The zero-order chi connectivity index (χ0) is 13.1. The zero-order valence-electron chi connectivity index (χ0n) is 9.90. The van der Waals surface area contributed by atoms with Gasteiger partial charge in [-0.05, 0) is 36.2 Å². The minimum atomic E-state index is -0.770. The van der Waals surface area contributed by atoms with E-state index in [0.717, 1.165) is 5.69 Å². The molecule has 1 unspecified atom stereocenters. The van der Waals surface area contributed by atoms with Crippen LogP contribution in [0.1, 0.15) is 22.9 Å². The molecule has 0 radical (unpaired) electrons. The number of aryl methyl sites for hydroxylation is 1. The van der Waals surface area contributed by atoms with Crippen molar-refractivity contribution in [1.82, 2.24) is 4.98 Å². The Hall–Kier alpha value is -1.45. The summed E-state index contributed by atoms with van der Waals surface area (Å²) in [7, 11) is 0. The first-order chi connectivity index (χ1) is 8.56. The van der Waals surface area contributed by atoms with Gasteiger partial charge < -0.3 is 5.11 Å². The molecular weight excluding hydrogens is 253 g/mol. The minimum absolute atomic E-state index is 0.202. The van der Waals surface area contributed by atoms with Crippen molar-refractivity contribution in [2.24, 2.45) is 0 Å². The third-order valence-electron chi connectivity index (χ3n) is 2.75. The van der Waals surface area contributed by atoms with E-state index in [4.69, 9.17) is 11.6 Å². The van der Waals surface area contributed by atoms with Crippen molar-refractivity contribution in [2.75, 3.05) is 0 Å². The highest BCUT2D eigenvalue weighted by atomic mass is 35.5. The molecule has 0 aliphatic carbocycles. The Morgan fingerprint density at radius 1 is 1.33 bits per heavy atom. The molecule has 0 fully saturated rings. The van der Waals surface area contributed by atoms with E-state index in [2.05, 4.69) is 4.98 Å². The van der Waals surface area contributed by atoms with Crippen LogP contribution in [0.15, 0.2) is 36.5 Å². The Morgan fingerprint density at radius 3 is 2.72 bits per heavy atom. The van der Waals surface area contributed by atoms with Crippen LogP contribution in [0.4, 0.5) is 4.39 Å². The van der Waals surface area contributed by atoms with Crippen LogP contribution in [-0.2, 0) is 6.42 Å². The van der Waals surface area contributed by atoms with E-state index in [-0.39, 0.29) is 6.42 Å². The number of aromatic nitrogens is 1. The van der Waals surface area contributed by atoms with E-state index < -0.39 is 11.9 Å². The Labute approximate surface area is 110 Å². The predicted octanol–water partition coefficient (Wildman–Crippen LogP) is 3.46. The second-order valence-corrected chi connectivity index (χ2v) is 4.63. The van der Waals surface area contributed by atoms with Gasteiger partial charge in [-0.15, -0.1) is 0 Å². The summed E-state index contributed by atoms with van der Waals surface area (Å²) in [6.45, 7) is 1.87. The molecule has 0 saturated carbocycles. The lowest BCUT2D eigenvalue weighted by Gasteiger charge is -2.11. The summed E-state index contributed by atoms with van der Waals surface area (Å²) >= 11 is 5.68. The van der Waals surface area contributed by atoms with Crippen LogP contribution in [-0.4, -0.2) is 10.1 Å². The highest BCUT2D eigenvalue weighted by Crippen LogP contribution is 2.21. The van der Waals surface area contributed by atoms with E-state index >= 15 is 0 Å². The van der Waals surface area contributed by atoms with Crippen molar-refractivity contribution in [2.45, 2.75) is 19.4 Å². The molecule has 1 N–H and O–H groups in total. The van der Waals surface area contributed by atoms with Crippen LogP contribution < -0.4 is 0 Å². The number of aliphatic hydroxyl groups excluding tert-OH is 1. The van der Waals surface area contributed by atoms with Gasteiger partial charge in [0.15, 0.2) is 0 Å². The van der Waals surface area contributed by atoms with Crippen LogP contribution in [0.3, 0.4) is 0 Å². The number of benzene rings is 1. The van der Waals surface area contributed by atoms with Gasteiger partial charge in [0.2, 0.25) is 0 Å². The van der Waals surface area contributed by atoms with Crippen LogP contribution in [0, 0.1) is 12.7 Å². The van der Waals surface area contributed by atoms with Gasteiger partial charge in [0.1, 0.15) is 5.82 Å². The summed E-state index contributed by atoms with van der Waals surface area (Å²) in [5.41, 5.74) is 1.99. The number of rotatable bonds is 3. The molecule has 0 amide bonds. The summed E-state index contributed by atoms with van der Waals surface area (Å²) in [4.78, 5) is 4.10. The summed E-state index contributed by atoms with van der Waals surface area (Å²) < 4.78 is 13.6. The maximum Gasteiger partial charge on any atom is 0.127 e. The second kappa shape index (κ2) is 5.46. The van der Waals surface area contributed by atoms with Crippen molar-refractivity contribution < 1.29 is 9.50 Å². The molecule has 0 saturated heterocycles. The van der Waals surface area contributed by atoms with Gasteiger partial charge in [0, 0.05) is 23.3 Å². The van der Waals surface area contributed by atoms with Gasteiger partial charge in [-0.2, -0.15) is 0 Å². The fourth-order valence-electron chi connectivity index (χ4n) is 1.69. The lowest BCUT2D eigenvalue weighted by atomic mass is 10.0. The van der Waals surface area contributed by atoms with Crippen molar-refractivity contribution in [3.8, 4) is 0 Å². The van der Waals surface area contributed by atoms with E-state index in [0.29, 0.717) is 16.1 Å². The number of hydrogen-bond donors (Lipinski definition) is 1. The largest absolute Gasteiger partial charge is 0.388 e. The smallest absolute Gasteiger partial charge is 0.127 e. The van der Waals surface area contributed by atoms with Crippen molar-refractivity contribution in [1.29, 1.82) is 0 Å². The van der Waals surface area contributed by atoms with Gasteiger partial charge >= 0.3 is 0 Å². The molecule has 0 aliphatic heterocycles. The number of halogens is 2. The Morgan fingerprint density at radius 2 is 2.11 bits per heavy atom. The Balaban J connectivity index is 2.15. The molecule has 1 aromatic carbocycles. The highest BCUT2D eigenvalue weighted by Gasteiger charge is 2.12. The van der Waals surface area contributed by atoms with Gasteiger partial charge in [-0.1, -0.05) is 23.7 Å². The first-order valence-electron chi connectivity index (χ1n) is 5.61. The number of pyridine rings is 1. The Kier molecular flexibility index (Phi) is 3.94. The van der Waals surface area contributed by atoms with Gasteiger partial charge in [0.05, 0.1) is 6.10 Å². The molecular formula is C14H13ClFNO. The fraction of sp³-hybridized carbons (Fsp3) is 0.214. The summed E-state index contributed by atoms with van der Waals surface area (Å²) in [5, 5.41) is 10.4. The summed E-state index contributed by atoms with van der Waals surface area (Å²) in [5.74, 6) is -0.401. The molecule has 0 aliphatic rings. The van der Waals surface area contributed by atoms with Crippen LogP contribution in [0.2, 0.25) is 5.02 Å². The highest BCUT2D eigenvalue weighted by molar-refractivity contribution is 6.30. The summed E-state index contributed by atoms with van der Waals surface area (Å²) in [6, 6.07) is 8.05. The normalized spacial score (nSPS) is 12.4. The molecule has 94 valence electrons. The van der Waals surface area contributed by atoms with E-state index in [1.54, 1.807) is 24.4 Å². The van der Waals surface area contributed by atoms with Crippen LogP contribution in [0.25, 0.3) is 0 Å². The molecule has 4 heteroatoms. The maximum atomic E-state index is 13.6. The van der Waals surface area contributed by atoms with E-state index in [9.17, 15) is 9.50 Å². The average molecular weight is 266 g/mol. The predicted molar refractivity (Wildman–Crippen MR) is 69.0 cm³/mol. The molecule has 0 bridgehead atoms. The van der Waals surface area contributed by atoms with Gasteiger partial charge in [-0.3, -0.25) is 4.98 Å². The van der Waals surface area contributed by atoms with Crippen molar-refractivity contribution in [3.05, 3.63) is 64.2 Å². The monoisotopic (exact) mass is 265 g/mol. The lowest BCUT2D eigenvalue weighted by molar-refractivity contribution is 0.176. The standard InChI is InChI=1S/C14H13ClFNO/c1-9-2-3-11(8-17-9)14(18)6-10-4-5-12(15)7-13(10)16/h2-5,7-8,14,18H,6H2,1H3. The fourth-order valence-corrected chi connectivity index (χ4v) is 1.85. The minimum Gasteiger partial charge on any atom is -0.388 e. The molecule has 1 aromatic heterocycles. The number of aliphatic hydroxyl groups is 1. The number of hydrogen-bond acceptors (Lipinski definition) is 2. The zero-order valence-corrected chi connectivity index (χ0v) is 10.7. The van der Waals surface area contributed by atoms with E-state index in [1.165, 1.54) is 6.07 Å². The molecule has 1 atom stereocenters. The number of nitrogens with zero attached hydrogens (tertiary/aromatic N) is 1.